The van der Waals surface area contributed by atoms with Crippen LogP contribution in [0.5, 0.6) is 0 Å². The molecule has 0 rings (SSSR count). The zero-order valence-corrected chi connectivity index (χ0v) is 37.7. The van der Waals surface area contributed by atoms with E-state index < -0.39 is 6.10 Å². The number of hydrogen-bond acceptors (Lipinski definition) is 4. The first-order chi connectivity index (χ1) is 27.2. The fraction of sp³-hybridized carbons (Fsp3) is 0.941. The molecular weight excluding hydrogens is 677 g/mol. The third-order valence-electron chi connectivity index (χ3n) is 11.6. The quantitative estimate of drug-likeness (QED) is 0.0380. The predicted octanol–water partition coefficient (Wildman–Crippen LogP) is 16.9. The molecule has 0 aliphatic rings. The Hall–Kier alpha value is -0.870. The summed E-state index contributed by atoms with van der Waals surface area (Å²) in [7, 11) is 0. The van der Waals surface area contributed by atoms with Gasteiger partial charge in [-0.15, -0.1) is 0 Å². The third kappa shape index (κ3) is 47.4. The van der Waals surface area contributed by atoms with Crippen LogP contribution in [0.3, 0.4) is 0 Å². The summed E-state index contributed by atoms with van der Waals surface area (Å²) >= 11 is 0. The fourth-order valence-corrected chi connectivity index (χ4v) is 7.80. The predicted molar refractivity (Wildman–Crippen MR) is 242 cm³/mol. The first-order valence-electron chi connectivity index (χ1n) is 25.3. The minimum absolute atomic E-state index is 0.165. The van der Waals surface area contributed by atoms with E-state index >= 15 is 0 Å². The smallest absolute Gasteiger partial charge is 0.306 e. The standard InChI is InChI=1S/C51H100O4/c1-3-5-7-9-11-13-15-17-19-21-23-24-25-26-27-29-31-33-35-37-39-41-43-45-47-54-49-50(48-52)55-51(53)46-44-42-40-38-36-34-32-30-28-22-20-18-16-14-12-10-8-6-4-2/h21,23,50,52H,3-20,22,24-49H2,1-2H3/b23-21-. The van der Waals surface area contributed by atoms with Gasteiger partial charge in [0.2, 0.25) is 0 Å². The number of ether oxygens (including phenoxy) is 2. The van der Waals surface area contributed by atoms with Gasteiger partial charge in [-0.25, -0.2) is 0 Å². The normalized spacial score (nSPS) is 12.3. The van der Waals surface area contributed by atoms with Crippen molar-refractivity contribution in [3.63, 3.8) is 0 Å². The van der Waals surface area contributed by atoms with Gasteiger partial charge in [0.25, 0.3) is 0 Å². The maximum Gasteiger partial charge on any atom is 0.306 e. The molecule has 328 valence electrons. The van der Waals surface area contributed by atoms with Crippen molar-refractivity contribution in [3.05, 3.63) is 12.2 Å². The largest absolute Gasteiger partial charge is 0.457 e. The summed E-state index contributed by atoms with van der Waals surface area (Å²) < 4.78 is 11.2. The summed E-state index contributed by atoms with van der Waals surface area (Å²) in [4.78, 5) is 12.3. The molecule has 4 heteroatoms. The van der Waals surface area contributed by atoms with E-state index in [2.05, 4.69) is 26.0 Å². The van der Waals surface area contributed by atoms with E-state index in [1.807, 2.05) is 0 Å². The summed E-state index contributed by atoms with van der Waals surface area (Å²) in [5, 5.41) is 9.64. The van der Waals surface area contributed by atoms with Crippen LogP contribution in [0.2, 0.25) is 0 Å². The number of carbonyl (C=O) groups excluding carboxylic acids is 1. The monoisotopic (exact) mass is 777 g/mol. The highest BCUT2D eigenvalue weighted by molar-refractivity contribution is 5.69. The molecule has 0 aliphatic carbocycles. The second-order valence-electron chi connectivity index (χ2n) is 17.2. The number of carbonyl (C=O) groups is 1. The van der Waals surface area contributed by atoms with Crippen molar-refractivity contribution < 1.29 is 19.4 Å². The lowest BCUT2D eigenvalue weighted by Gasteiger charge is -2.16. The Morgan fingerprint density at radius 2 is 0.709 bits per heavy atom. The maximum absolute atomic E-state index is 12.3. The van der Waals surface area contributed by atoms with Crippen LogP contribution in [-0.4, -0.2) is 37.0 Å². The van der Waals surface area contributed by atoms with Crippen LogP contribution in [0.25, 0.3) is 0 Å². The maximum atomic E-state index is 12.3. The molecule has 0 aromatic carbocycles. The number of allylic oxidation sites excluding steroid dienone is 2. The van der Waals surface area contributed by atoms with Crippen LogP contribution in [0.15, 0.2) is 12.2 Å². The van der Waals surface area contributed by atoms with E-state index in [9.17, 15) is 9.90 Å². The average Bonchev–Trinajstić information content (AvgIpc) is 3.19. The van der Waals surface area contributed by atoms with Crippen LogP contribution in [0.4, 0.5) is 0 Å². The molecule has 0 amide bonds. The van der Waals surface area contributed by atoms with Gasteiger partial charge in [-0.1, -0.05) is 251 Å². The number of rotatable bonds is 48. The fourth-order valence-electron chi connectivity index (χ4n) is 7.80. The van der Waals surface area contributed by atoms with E-state index in [-0.39, 0.29) is 12.6 Å². The summed E-state index contributed by atoms with van der Waals surface area (Å²) in [5.74, 6) is -0.193. The Bertz CT molecular complexity index is 736. The summed E-state index contributed by atoms with van der Waals surface area (Å²) in [6.07, 6.45) is 60.2. The van der Waals surface area contributed by atoms with Gasteiger partial charge in [0, 0.05) is 13.0 Å². The highest BCUT2D eigenvalue weighted by atomic mass is 16.6. The SMILES string of the molecule is CCCCCCCCCC/C=C\CCCCCCCCCCCCCCOCC(CO)OC(=O)CCCCCCCCCCCCCCCCCCCCC. The van der Waals surface area contributed by atoms with E-state index in [0.29, 0.717) is 19.6 Å². The molecule has 0 fully saturated rings. The Balaban J connectivity index is 3.34. The zero-order valence-electron chi connectivity index (χ0n) is 37.7. The van der Waals surface area contributed by atoms with E-state index in [1.54, 1.807) is 0 Å². The molecule has 1 atom stereocenters. The molecule has 0 aliphatic heterocycles. The van der Waals surface area contributed by atoms with Crippen molar-refractivity contribution >= 4 is 5.97 Å². The van der Waals surface area contributed by atoms with Crippen LogP contribution in [0.1, 0.15) is 284 Å². The molecule has 0 radical (unpaired) electrons. The number of unbranched alkanes of at least 4 members (excludes halogenated alkanes) is 38. The molecule has 1 unspecified atom stereocenters. The van der Waals surface area contributed by atoms with Gasteiger partial charge in [0.15, 0.2) is 0 Å². The molecule has 1 N–H and O–H groups in total. The summed E-state index contributed by atoms with van der Waals surface area (Å²) in [6, 6.07) is 0. The molecule has 0 heterocycles. The second-order valence-corrected chi connectivity index (χ2v) is 17.2. The van der Waals surface area contributed by atoms with E-state index in [1.165, 1.54) is 244 Å². The lowest BCUT2D eigenvalue weighted by atomic mass is 10.0. The molecule has 0 spiro atoms. The van der Waals surface area contributed by atoms with Gasteiger partial charge in [-0.05, 0) is 38.5 Å². The molecular formula is C51H100O4. The minimum atomic E-state index is -0.529. The third-order valence-corrected chi connectivity index (χ3v) is 11.6. The van der Waals surface area contributed by atoms with Crippen molar-refractivity contribution in [3.8, 4) is 0 Å². The summed E-state index contributed by atoms with van der Waals surface area (Å²) in [6.45, 7) is 5.40. The topological polar surface area (TPSA) is 55.8 Å². The molecule has 0 saturated heterocycles. The highest BCUT2D eigenvalue weighted by Crippen LogP contribution is 2.16. The minimum Gasteiger partial charge on any atom is -0.457 e. The first kappa shape index (κ1) is 54.1. The first-order valence-corrected chi connectivity index (χ1v) is 25.3. The van der Waals surface area contributed by atoms with Gasteiger partial charge in [0.1, 0.15) is 6.10 Å². The Labute approximate surface area is 345 Å². The number of hydrogen-bond donors (Lipinski definition) is 1. The molecule has 4 nitrogen and oxygen atoms in total. The Morgan fingerprint density at radius 3 is 1.04 bits per heavy atom. The van der Waals surface area contributed by atoms with Crippen molar-refractivity contribution in [2.75, 3.05) is 19.8 Å². The van der Waals surface area contributed by atoms with Gasteiger partial charge in [-0.3, -0.25) is 4.79 Å². The van der Waals surface area contributed by atoms with Crippen LogP contribution >= 0.6 is 0 Å². The van der Waals surface area contributed by atoms with Crippen molar-refractivity contribution in [1.29, 1.82) is 0 Å². The lowest BCUT2D eigenvalue weighted by molar-refractivity contribution is -0.154. The van der Waals surface area contributed by atoms with Crippen LogP contribution < -0.4 is 0 Å². The van der Waals surface area contributed by atoms with Gasteiger partial charge in [-0.2, -0.15) is 0 Å². The summed E-state index contributed by atoms with van der Waals surface area (Å²) in [5.41, 5.74) is 0. The number of aliphatic hydroxyl groups is 1. The molecule has 0 aromatic rings. The van der Waals surface area contributed by atoms with Crippen molar-refractivity contribution in [2.45, 2.75) is 290 Å². The van der Waals surface area contributed by atoms with E-state index in [4.69, 9.17) is 9.47 Å². The van der Waals surface area contributed by atoms with E-state index in [0.717, 1.165) is 19.3 Å². The second kappa shape index (κ2) is 49.3. The lowest BCUT2D eigenvalue weighted by Crippen LogP contribution is -2.27. The Kier molecular flexibility index (Phi) is 48.5. The molecule has 0 bridgehead atoms. The van der Waals surface area contributed by atoms with Crippen LogP contribution in [0, 0.1) is 0 Å². The highest BCUT2D eigenvalue weighted by Gasteiger charge is 2.13. The van der Waals surface area contributed by atoms with Gasteiger partial charge in [0.05, 0.1) is 13.2 Å². The van der Waals surface area contributed by atoms with Gasteiger partial charge >= 0.3 is 5.97 Å². The molecule has 55 heavy (non-hydrogen) atoms. The molecule has 0 aromatic heterocycles. The Morgan fingerprint density at radius 1 is 0.418 bits per heavy atom. The average molecular weight is 777 g/mol. The van der Waals surface area contributed by atoms with Crippen LogP contribution in [-0.2, 0) is 14.3 Å². The number of aliphatic hydroxyl groups excluding tert-OH is 1. The van der Waals surface area contributed by atoms with Crippen molar-refractivity contribution in [2.24, 2.45) is 0 Å². The van der Waals surface area contributed by atoms with Crippen molar-refractivity contribution in [1.82, 2.24) is 0 Å². The zero-order chi connectivity index (χ0) is 39.8. The number of esters is 1. The molecule has 0 saturated carbocycles. The van der Waals surface area contributed by atoms with Gasteiger partial charge < -0.3 is 14.6 Å².